The monoisotopic (exact) mass is 452 g/mol. The molecule has 0 unspecified atom stereocenters. The van der Waals surface area contributed by atoms with Crippen molar-refractivity contribution in [3.8, 4) is 6.07 Å². The summed E-state index contributed by atoms with van der Waals surface area (Å²) < 4.78 is 0. The number of rotatable bonds is 5. The molecule has 2 aliphatic rings. The second-order valence-corrected chi connectivity index (χ2v) is 9.40. The van der Waals surface area contributed by atoms with E-state index in [0.29, 0.717) is 30.5 Å². The van der Waals surface area contributed by atoms with Crippen molar-refractivity contribution in [2.45, 2.75) is 37.0 Å². The minimum atomic E-state index is -0.541. The van der Waals surface area contributed by atoms with Crippen molar-refractivity contribution in [1.29, 1.82) is 5.26 Å². The van der Waals surface area contributed by atoms with Gasteiger partial charge in [-0.25, -0.2) is 0 Å². The second kappa shape index (κ2) is 8.57. The van der Waals surface area contributed by atoms with Gasteiger partial charge in [0.25, 0.3) is 5.69 Å². The van der Waals surface area contributed by atoms with Gasteiger partial charge in [0.15, 0.2) is 5.78 Å². The summed E-state index contributed by atoms with van der Waals surface area (Å²) in [6.07, 6.45) is 1.59. The number of nitrogens with two attached hydrogens (primary N) is 1. The van der Waals surface area contributed by atoms with Crippen LogP contribution in [0.1, 0.15) is 37.0 Å². The normalized spacial score (nSPS) is 18.8. The number of thioether (sulfide) groups is 1. The first kappa shape index (κ1) is 21.2. The summed E-state index contributed by atoms with van der Waals surface area (Å²) in [5.74, 6) is 0.438. The highest BCUT2D eigenvalue weighted by Crippen LogP contribution is 2.50. The Balaban J connectivity index is 1.99. The van der Waals surface area contributed by atoms with Gasteiger partial charge in [-0.05, 0) is 36.1 Å². The Bertz CT molecular complexity index is 1180. The van der Waals surface area contributed by atoms with Crippen LogP contribution in [0.5, 0.6) is 0 Å². The summed E-state index contributed by atoms with van der Waals surface area (Å²) in [7, 11) is 0. The molecule has 31 heavy (non-hydrogen) atoms. The molecule has 2 heterocycles. The number of nitro groups is 1. The molecule has 0 saturated heterocycles. The second-order valence-electron chi connectivity index (χ2n) is 7.14. The molecular formula is C22H20N4O3S2. The molecule has 2 aromatic rings. The molecule has 4 rings (SSSR count). The highest BCUT2D eigenvalue weighted by molar-refractivity contribution is 7.99. The maximum absolute atomic E-state index is 13.2. The number of ketones is 1. The molecule has 0 radical (unpaired) electrons. The lowest BCUT2D eigenvalue weighted by Gasteiger charge is -2.39. The largest absolute Gasteiger partial charge is 0.384 e. The van der Waals surface area contributed by atoms with Gasteiger partial charge in [0.2, 0.25) is 0 Å². The van der Waals surface area contributed by atoms with Gasteiger partial charge >= 0.3 is 0 Å². The number of carbonyl (C=O) groups is 1. The van der Waals surface area contributed by atoms with Crippen molar-refractivity contribution < 1.29 is 9.72 Å². The van der Waals surface area contributed by atoms with E-state index in [-0.39, 0.29) is 28.6 Å². The van der Waals surface area contributed by atoms with Crippen LogP contribution in [0.15, 0.2) is 63.3 Å². The van der Waals surface area contributed by atoms with Gasteiger partial charge in [-0.3, -0.25) is 19.8 Å². The van der Waals surface area contributed by atoms with Crippen LogP contribution in [0.3, 0.4) is 0 Å². The summed E-state index contributed by atoms with van der Waals surface area (Å²) >= 11 is 3.17. The lowest BCUT2D eigenvalue weighted by molar-refractivity contribution is -0.384. The van der Waals surface area contributed by atoms with Crippen molar-refractivity contribution in [1.82, 2.24) is 0 Å². The number of benzene rings is 1. The first-order valence-electron chi connectivity index (χ1n) is 9.89. The molecule has 9 heteroatoms. The fraction of sp³-hybridized carbons (Fsp3) is 0.273. The van der Waals surface area contributed by atoms with E-state index in [9.17, 15) is 20.2 Å². The van der Waals surface area contributed by atoms with Gasteiger partial charge in [-0.15, -0.1) is 23.1 Å². The van der Waals surface area contributed by atoms with Gasteiger partial charge in [0.05, 0.1) is 22.5 Å². The fourth-order valence-electron chi connectivity index (χ4n) is 4.23. The number of allylic oxidation sites excluding steroid dienone is 3. The number of anilines is 1. The zero-order valence-corrected chi connectivity index (χ0v) is 18.5. The SMILES string of the molecule is CCSc1ccsc1[C@@H]1C(C#N)=C(N)N(c2ccccc2[N+](=O)[O-])C2=C1C(=O)CCC2. The molecule has 1 aromatic heterocycles. The third-order valence-electron chi connectivity index (χ3n) is 5.45. The maximum Gasteiger partial charge on any atom is 0.293 e. The smallest absolute Gasteiger partial charge is 0.293 e. The summed E-state index contributed by atoms with van der Waals surface area (Å²) in [6.45, 7) is 2.05. The number of nitro benzene ring substituents is 1. The van der Waals surface area contributed by atoms with Gasteiger partial charge < -0.3 is 5.73 Å². The van der Waals surface area contributed by atoms with Crippen LogP contribution in [0.4, 0.5) is 11.4 Å². The van der Waals surface area contributed by atoms with Crippen molar-refractivity contribution in [2.75, 3.05) is 10.7 Å². The van der Waals surface area contributed by atoms with Gasteiger partial charge in [0.1, 0.15) is 11.5 Å². The summed E-state index contributed by atoms with van der Waals surface area (Å²) in [5.41, 5.74) is 8.13. The Labute approximate surface area is 188 Å². The van der Waals surface area contributed by atoms with E-state index < -0.39 is 10.8 Å². The molecule has 0 saturated carbocycles. The zero-order chi connectivity index (χ0) is 22.1. The Morgan fingerprint density at radius 3 is 2.84 bits per heavy atom. The third-order valence-corrected chi connectivity index (χ3v) is 7.52. The number of carbonyl (C=O) groups excluding carboxylic acids is 1. The summed E-state index contributed by atoms with van der Waals surface area (Å²) in [5, 5.41) is 23.7. The van der Waals surface area contributed by atoms with Crippen LogP contribution in [-0.2, 0) is 4.79 Å². The number of hydrogen-bond acceptors (Lipinski definition) is 8. The molecule has 0 bridgehead atoms. The molecule has 0 fully saturated rings. The average molecular weight is 453 g/mol. The van der Waals surface area contributed by atoms with Crippen LogP contribution in [0.25, 0.3) is 0 Å². The minimum Gasteiger partial charge on any atom is -0.384 e. The molecule has 0 spiro atoms. The topological polar surface area (TPSA) is 113 Å². The lowest BCUT2D eigenvalue weighted by Crippen LogP contribution is -2.38. The lowest BCUT2D eigenvalue weighted by atomic mass is 9.78. The first-order valence-corrected chi connectivity index (χ1v) is 11.8. The average Bonchev–Trinajstić information content (AvgIpc) is 3.21. The zero-order valence-electron chi connectivity index (χ0n) is 16.8. The molecule has 2 N–H and O–H groups in total. The van der Waals surface area contributed by atoms with Crippen molar-refractivity contribution in [3.63, 3.8) is 0 Å². The maximum atomic E-state index is 13.2. The Morgan fingerprint density at radius 1 is 1.35 bits per heavy atom. The third kappa shape index (κ3) is 3.52. The van der Waals surface area contributed by atoms with E-state index in [1.807, 2.05) is 11.4 Å². The number of hydrogen-bond donors (Lipinski definition) is 1. The number of para-hydroxylation sites is 2. The number of thiophene rings is 1. The van der Waals surface area contributed by atoms with E-state index >= 15 is 0 Å². The first-order chi connectivity index (χ1) is 15.0. The molecule has 7 nitrogen and oxygen atoms in total. The highest BCUT2D eigenvalue weighted by Gasteiger charge is 2.42. The minimum absolute atomic E-state index is 0.0315. The Hall–Kier alpha value is -3.09. The highest BCUT2D eigenvalue weighted by atomic mass is 32.2. The quantitative estimate of drug-likeness (QED) is 0.382. The number of nitrogens with zero attached hydrogens (tertiary/aromatic N) is 3. The number of nitriles is 1. The van der Waals surface area contributed by atoms with E-state index in [0.717, 1.165) is 15.5 Å². The van der Waals surface area contributed by atoms with Crippen LogP contribution in [-0.4, -0.2) is 16.5 Å². The standard InChI is InChI=1S/C22H20N4O3S2/c1-2-30-18-10-11-31-21(18)19-13(12-23)22(24)25(16-8-5-9-17(27)20(16)19)14-6-3-4-7-15(14)26(28)29/h3-4,6-7,10-11,19H,2,5,8-9,24H2,1H3/t19-/m1/s1. The molecule has 1 aromatic carbocycles. The predicted octanol–water partition coefficient (Wildman–Crippen LogP) is 5.07. The fourth-order valence-corrected chi connectivity index (χ4v) is 6.28. The molecule has 1 aliphatic carbocycles. The van der Waals surface area contributed by atoms with Crippen LogP contribution in [0.2, 0.25) is 0 Å². The van der Waals surface area contributed by atoms with E-state index in [1.165, 1.54) is 17.4 Å². The molecular weight excluding hydrogens is 432 g/mol. The van der Waals surface area contributed by atoms with E-state index in [2.05, 4.69) is 13.0 Å². The van der Waals surface area contributed by atoms with Gasteiger partial charge in [-0.1, -0.05) is 19.1 Å². The molecule has 1 atom stereocenters. The van der Waals surface area contributed by atoms with Crippen LogP contribution in [0, 0.1) is 21.4 Å². The van der Waals surface area contributed by atoms with E-state index in [1.54, 1.807) is 34.9 Å². The summed E-state index contributed by atoms with van der Waals surface area (Å²) in [4.78, 5) is 27.9. The van der Waals surface area contributed by atoms with Gasteiger partial charge in [0, 0.05) is 33.5 Å². The van der Waals surface area contributed by atoms with Crippen molar-refractivity contribution in [3.05, 3.63) is 73.4 Å². The van der Waals surface area contributed by atoms with Crippen LogP contribution < -0.4 is 10.6 Å². The number of Topliss-reactive ketones (excluding diaryl/α,β-unsaturated/α-hetero) is 1. The van der Waals surface area contributed by atoms with Gasteiger partial charge in [-0.2, -0.15) is 5.26 Å². The molecule has 158 valence electrons. The van der Waals surface area contributed by atoms with Crippen molar-refractivity contribution in [2.24, 2.45) is 5.73 Å². The molecule has 1 aliphatic heterocycles. The Morgan fingerprint density at radius 2 is 2.13 bits per heavy atom. The predicted molar refractivity (Wildman–Crippen MR) is 122 cm³/mol. The summed E-state index contributed by atoms with van der Waals surface area (Å²) in [6, 6.07) is 10.5. The molecule has 0 amide bonds. The van der Waals surface area contributed by atoms with E-state index in [4.69, 9.17) is 5.73 Å². The van der Waals surface area contributed by atoms with Crippen LogP contribution >= 0.6 is 23.1 Å². The van der Waals surface area contributed by atoms with Crippen molar-refractivity contribution >= 4 is 40.3 Å². The Kier molecular flexibility index (Phi) is 5.85.